The largest absolute Gasteiger partial charge is 0.545 e. The average Bonchev–Trinajstić information content (AvgIpc) is 3.50. The van der Waals surface area contributed by atoms with E-state index in [1.54, 1.807) is 19.2 Å². The SMILES string of the molecule is Cc1c(C(=O)[O-])cc2c(-c3cnn(C4CCOCC4)c3)ccn2c1C(C)N1CCN(CC(F)(F)F)CC1. The van der Waals surface area contributed by atoms with Crippen molar-refractivity contribution in [3.8, 4) is 11.1 Å². The van der Waals surface area contributed by atoms with Gasteiger partial charge in [-0.3, -0.25) is 14.5 Å². The molecular weight excluding hydrogens is 487 g/mol. The number of piperazine rings is 1. The van der Waals surface area contributed by atoms with E-state index in [1.165, 1.54) is 4.90 Å². The maximum Gasteiger partial charge on any atom is 0.401 e. The number of hydrogen-bond donors (Lipinski definition) is 0. The van der Waals surface area contributed by atoms with Gasteiger partial charge >= 0.3 is 6.18 Å². The molecule has 0 radical (unpaired) electrons. The van der Waals surface area contributed by atoms with E-state index in [-0.39, 0.29) is 17.6 Å². The zero-order valence-electron chi connectivity index (χ0n) is 21.0. The number of nitrogens with zero attached hydrogens (tertiary/aromatic N) is 5. The molecule has 5 rings (SSSR count). The Kier molecular flexibility index (Phi) is 7.03. The van der Waals surface area contributed by atoms with Crippen LogP contribution in [0.2, 0.25) is 0 Å². The average molecular weight is 519 g/mol. The van der Waals surface area contributed by atoms with Crippen LogP contribution in [-0.2, 0) is 4.74 Å². The summed E-state index contributed by atoms with van der Waals surface area (Å²) in [4.78, 5) is 15.6. The molecule has 3 aromatic rings. The van der Waals surface area contributed by atoms with Gasteiger partial charge in [0.15, 0.2) is 0 Å². The van der Waals surface area contributed by atoms with Gasteiger partial charge in [-0.2, -0.15) is 18.3 Å². The summed E-state index contributed by atoms with van der Waals surface area (Å²) in [5, 5.41) is 16.7. The second-order valence-corrected chi connectivity index (χ2v) is 10.00. The molecule has 0 bridgehead atoms. The van der Waals surface area contributed by atoms with Gasteiger partial charge in [0, 0.05) is 80.2 Å². The number of carboxylic acid groups (broad SMARTS) is 1. The Morgan fingerprint density at radius 1 is 1.22 bits per heavy atom. The lowest BCUT2D eigenvalue weighted by molar-refractivity contribution is -0.255. The number of aromatic nitrogens is 3. The summed E-state index contributed by atoms with van der Waals surface area (Å²) in [6.45, 7) is 5.75. The minimum atomic E-state index is -4.22. The second-order valence-electron chi connectivity index (χ2n) is 10.00. The number of aromatic carboxylic acids is 1. The normalized spacial score (nSPS) is 19.5. The first kappa shape index (κ1) is 25.7. The van der Waals surface area contributed by atoms with Gasteiger partial charge in [-0.05, 0) is 44.4 Å². The Hall–Kier alpha value is -2.89. The van der Waals surface area contributed by atoms with Crippen molar-refractivity contribution in [3.63, 3.8) is 0 Å². The molecule has 11 heteroatoms. The quantitative estimate of drug-likeness (QED) is 0.499. The molecule has 3 aromatic heterocycles. The van der Waals surface area contributed by atoms with Crippen LogP contribution in [0.25, 0.3) is 16.6 Å². The number of fused-ring (bicyclic) bond motifs is 1. The second kappa shape index (κ2) is 10.1. The van der Waals surface area contributed by atoms with E-state index in [9.17, 15) is 23.1 Å². The number of rotatable bonds is 6. The van der Waals surface area contributed by atoms with Gasteiger partial charge < -0.3 is 19.0 Å². The Morgan fingerprint density at radius 2 is 1.92 bits per heavy atom. The van der Waals surface area contributed by atoms with E-state index in [0.717, 1.165) is 35.2 Å². The number of carboxylic acids is 1. The van der Waals surface area contributed by atoms with Crippen molar-refractivity contribution in [1.29, 1.82) is 0 Å². The summed E-state index contributed by atoms with van der Waals surface area (Å²) >= 11 is 0. The molecule has 1 atom stereocenters. The molecule has 0 aliphatic carbocycles. The van der Waals surface area contributed by atoms with Gasteiger partial charge in [0.1, 0.15) is 0 Å². The molecule has 2 saturated heterocycles. The Morgan fingerprint density at radius 3 is 2.57 bits per heavy atom. The summed E-state index contributed by atoms with van der Waals surface area (Å²) in [6.07, 6.45) is 3.28. The number of ether oxygens (including phenoxy) is 1. The fraction of sp³-hybridized carbons (Fsp3) is 0.538. The smallest absolute Gasteiger partial charge is 0.401 e. The fourth-order valence-electron chi connectivity index (χ4n) is 5.70. The van der Waals surface area contributed by atoms with Crippen molar-refractivity contribution < 1.29 is 27.8 Å². The molecule has 0 N–H and O–H groups in total. The molecule has 0 amide bonds. The van der Waals surface area contributed by atoms with Crippen LogP contribution >= 0.6 is 0 Å². The predicted octanol–water partition coefficient (Wildman–Crippen LogP) is 3.07. The molecule has 0 saturated carbocycles. The van der Waals surface area contributed by atoms with Crippen molar-refractivity contribution in [3.05, 3.63) is 47.5 Å². The highest BCUT2D eigenvalue weighted by atomic mass is 19.4. The van der Waals surface area contributed by atoms with Gasteiger partial charge in [-0.25, -0.2) is 0 Å². The highest BCUT2D eigenvalue weighted by Gasteiger charge is 2.33. The number of carbonyl (C=O) groups excluding carboxylic acids is 1. The van der Waals surface area contributed by atoms with E-state index in [4.69, 9.17) is 4.74 Å². The van der Waals surface area contributed by atoms with Crippen LogP contribution in [0, 0.1) is 6.92 Å². The van der Waals surface area contributed by atoms with Gasteiger partial charge in [0.25, 0.3) is 0 Å². The van der Waals surface area contributed by atoms with Crippen LogP contribution in [0.15, 0.2) is 30.7 Å². The van der Waals surface area contributed by atoms with Crippen LogP contribution in [-0.4, -0.2) is 82.1 Å². The van der Waals surface area contributed by atoms with E-state index in [0.29, 0.717) is 45.0 Å². The van der Waals surface area contributed by atoms with E-state index < -0.39 is 18.7 Å². The first-order valence-electron chi connectivity index (χ1n) is 12.6. The third-order valence-electron chi connectivity index (χ3n) is 7.71. The van der Waals surface area contributed by atoms with Crippen LogP contribution in [0.5, 0.6) is 0 Å². The summed E-state index contributed by atoms with van der Waals surface area (Å²) in [7, 11) is 0. The lowest BCUT2D eigenvalue weighted by Crippen LogP contribution is -2.49. The third kappa shape index (κ3) is 5.25. The van der Waals surface area contributed by atoms with Crippen LogP contribution in [0.1, 0.15) is 53.5 Å². The fourth-order valence-corrected chi connectivity index (χ4v) is 5.70. The minimum Gasteiger partial charge on any atom is -0.545 e. The van der Waals surface area contributed by atoms with Crippen molar-refractivity contribution in [1.82, 2.24) is 24.0 Å². The van der Waals surface area contributed by atoms with Crippen LogP contribution < -0.4 is 5.11 Å². The molecule has 2 aliphatic heterocycles. The molecule has 200 valence electrons. The van der Waals surface area contributed by atoms with E-state index >= 15 is 0 Å². The molecule has 5 heterocycles. The van der Waals surface area contributed by atoms with Crippen molar-refractivity contribution in [2.45, 2.75) is 44.9 Å². The standard InChI is InChI=1S/C26H32F3N5O3/c1-17-22(25(35)36)13-23-21(19-14-30-34(15-19)20-4-11-37-12-5-20)3-6-33(23)24(17)18(2)32-9-7-31(8-10-32)16-26(27,28)29/h3,6,13-15,18,20H,4-5,7-12,16H2,1-2H3,(H,35,36)/p-1. The van der Waals surface area contributed by atoms with Gasteiger partial charge in [0.2, 0.25) is 0 Å². The first-order chi connectivity index (χ1) is 17.6. The van der Waals surface area contributed by atoms with Gasteiger partial charge in [0.05, 0.1) is 30.3 Å². The van der Waals surface area contributed by atoms with Crippen LogP contribution in [0.3, 0.4) is 0 Å². The number of hydrogen-bond acceptors (Lipinski definition) is 6. The molecule has 37 heavy (non-hydrogen) atoms. The van der Waals surface area contributed by atoms with Crippen LogP contribution in [0.4, 0.5) is 13.2 Å². The van der Waals surface area contributed by atoms with Crippen molar-refractivity contribution in [2.24, 2.45) is 0 Å². The summed E-state index contributed by atoms with van der Waals surface area (Å²) < 4.78 is 47.9. The van der Waals surface area contributed by atoms with E-state index in [2.05, 4.69) is 10.00 Å². The molecule has 1 unspecified atom stereocenters. The monoisotopic (exact) mass is 518 g/mol. The lowest BCUT2D eigenvalue weighted by Gasteiger charge is -2.39. The van der Waals surface area contributed by atoms with Crippen molar-refractivity contribution in [2.75, 3.05) is 45.9 Å². The van der Waals surface area contributed by atoms with Gasteiger partial charge in [-0.15, -0.1) is 0 Å². The highest BCUT2D eigenvalue weighted by Crippen LogP contribution is 2.34. The number of pyridine rings is 1. The van der Waals surface area contributed by atoms with Crippen molar-refractivity contribution >= 4 is 11.5 Å². The molecule has 0 spiro atoms. The Bertz CT molecular complexity index is 1270. The molecule has 2 fully saturated rings. The highest BCUT2D eigenvalue weighted by molar-refractivity contribution is 5.92. The van der Waals surface area contributed by atoms with Gasteiger partial charge in [-0.1, -0.05) is 0 Å². The molecule has 2 aliphatic rings. The molecule has 0 aromatic carbocycles. The van der Waals surface area contributed by atoms with E-state index in [1.807, 2.05) is 34.5 Å². The Balaban J connectivity index is 1.47. The third-order valence-corrected chi connectivity index (χ3v) is 7.71. The molecular formula is C26H31F3N5O3-. The number of carbonyl (C=O) groups is 1. The number of alkyl halides is 3. The Labute approximate surface area is 213 Å². The zero-order chi connectivity index (χ0) is 26.3. The lowest BCUT2D eigenvalue weighted by atomic mass is 10.00. The first-order valence-corrected chi connectivity index (χ1v) is 12.6. The number of halogens is 3. The maximum absolute atomic E-state index is 12.8. The summed E-state index contributed by atoms with van der Waals surface area (Å²) in [5.74, 6) is -1.26. The maximum atomic E-state index is 12.8. The predicted molar refractivity (Wildman–Crippen MR) is 129 cm³/mol. The zero-order valence-corrected chi connectivity index (χ0v) is 21.0. The molecule has 8 nitrogen and oxygen atoms in total. The summed E-state index contributed by atoms with van der Waals surface area (Å²) in [6, 6.07) is 3.66. The minimum absolute atomic E-state index is 0.113. The summed E-state index contributed by atoms with van der Waals surface area (Å²) in [5.41, 5.74) is 3.99. The topological polar surface area (TPSA) is 78.1 Å².